The molecule has 7 nitrogen and oxygen atoms in total. The van der Waals surface area contributed by atoms with Gasteiger partial charge >= 0.3 is 5.97 Å². The summed E-state index contributed by atoms with van der Waals surface area (Å²) >= 11 is 0. The molecule has 0 saturated carbocycles. The Kier molecular flexibility index (Phi) is 11.3. The minimum atomic E-state index is -3.08. The van der Waals surface area contributed by atoms with E-state index in [4.69, 9.17) is 9.84 Å². The third-order valence-electron chi connectivity index (χ3n) is 7.50. The summed E-state index contributed by atoms with van der Waals surface area (Å²) in [6.07, 6.45) is 0.382. The number of sulfone groups is 1. The molecule has 1 heterocycles. The van der Waals surface area contributed by atoms with Crippen molar-refractivity contribution in [1.82, 2.24) is 0 Å². The molecule has 0 bridgehead atoms. The summed E-state index contributed by atoms with van der Waals surface area (Å²) < 4.78 is 43.8. The van der Waals surface area contributed by atoms with Gasteiger partial charge in [-0.25, -0.2) is 12.8 Å². The van der Waals surface area contributed by atoms with Crippen LogP contribution in [0.3, 0.4) is 0 Å². The summed E-state index contributed by atoms with van der Waals surface area (Å²) in [6.45, 7) is 6.59. The molecule has 1 saturated heterocycles. The van der Waals surface area contributed by atoms with Gasteiger partial charge < -0.3 is 20.3 Å². The van der Waals surface area contributed by atoms with Crippen LogP contribution in [0.15, 0.2) is 48.5 Å². The zero-order chi connectivity index (χ0) is 29.1. The Morgan fingerprint density at radius 3 is 2.27 bits per heavy atom. The molecule has 4 rings (SSSR count). The maximum atomic E-state index is 14.4. The van der Waals surface area contributed by atoms with Crippen LogP contribution in [0.2, 0.25) is 0 Å². The van der Waals surface area contributed by atoms with Gasteiger partial charge in [0, 0.05) is 56.4 Å². The van der Waals surface area contributed by atoms with Crippen molar-refractivity contribution >= 4 is 59.2 Å². The van der Waals surface area contributed by atoms with Crippen LogP contribution in [0.1, 0.15) is 47.1 Å². The Balaban J connectivity index is 0.00000462. The first kappa shape index (κ1) is 33.3. The second-order valence-electron chi connectivity index (χ2n) is 10.8. The fourth-order valence-electron chi connectivity index (χ4n) is 5.07. The summed E-state index contributed by atoms with van der Waals surface area (Å²) in [5, 5.41) is 22.9. The quantitative estimate of drug-likeness (QED) is 0.278. The van der Waals surface area contributed by atoms with Crippen LogP contribution in [-0.4, -0.2) is 86.1 Å². The van der Waals surface area contributed by atoms with Crippen molar-refractivity contribution in [2.45, 2.75) is 58.6 Å². The molecule has 216 valence electrons. The van der Waals surface area contributed by atoms with Crippen molar-refractivity contribution in [2.24, 2.45) is 0 Å². The monoisotopic (exact) mass is 609 g/mol. The van der Waals surface area contributed by atoms with Crippen LogP contribution in [0, 0.1) is 26.6 Å². The number of benzene rings is 3. The molecule has 1 fully saturated rings. The number of aliphatic carboxylic acids is 1. The molecule has 1 aliphatic rings. The van der Waals surface area contributed by atoms with Gasteiger partial charge in [-0.15, -0.1) is 0 Å². The third-order valence-corrected chi connectivity index (χ3v) is 9.15. The Morgan fingerprint density at radius 2 is 1.66 bits per heavy atom. The number of nitrogens with one attached hydrogen (secondary N) is 1. The van der Waals surface area contributed by atoms with E-state index in [1.807, 2.05) is 39.0 Å². The predicted molar refractivity (Wildman–Crippen MR) is 160 cm³/mol. The minimum absolute atomic E-state index is 0. The Bertz CT molecular complexity index is 1490. The fraction of sp³-hybridized carbons (Fsp3) is 0.387. The largest absolute Gasteiger partial charge is 0.491 e. The average Bonchev–Trinajstić information content (AvgIpc) is 2.89. The molecule has 0 aromatic heterocycles. The molecule has 3 N–H and O–H groups in total. The van der Waals surface area contributed by atoms with E-state index in [1.54, 1.807) is 12.1 Å². The molecule has 2 radical (unpaired) electrons. The SMILES string of the molecule is Cc1ccc(CNc2ccc(CCC(=O)O)c(F)c2)cc1-c1c(C)cc(OCC2(O)CCS(=O)(=O)CC2)cc1C.[Ca]. The van der Waals surface area contributed by atoms with Gasteiger partial charge in [-0.2, -0.15) is 0 Å². The van der Waals surface area contributed by atoms with Gasteiger partial charge in [-0.05, 0) is 109 Å². The number of hydrogen-bond acceptors (Lipinski definition) is 6. The van der Waals surface area contributed by atoms with E-state index >= 15 is 0 Å². The van der Waals surface area contributed by atoms with Gasteiger partial charge in [0.25, 0.3) is 0 Å². The first-order valence-corrected chi connectivity index (χ1v) is 15.2. The topological polar surface area (TPSA) is 113 Å². The van der Waals surface area contributed by atoms with E-state index < -0.39 is 27.2 Å². The number of carboxylic acids is 1. The normalized spacial score (nSPS) is 15.5. The molecule has 1 aliphatic heterocycles. The molecule has 0 amide bonds. The van der Waals surface area contributed by atoms with Gasteiger partial charge in [0.1, 0.15) is 23.8 Å². The van der Waals surface area contributed by atoms with Crippen LogP contribution in [0.4, 0.5) is 10.1 Å². The molecule has 3 aromatic carbocycles. The molecule has 3 aromatic rings. The Labute approximate surface area is 271 Å². The van der Waals surface area contributed by atoms with E-state index in [0.29, 0.717) is 23.5 Å². The molecule has 10 heteroatoms. The van der Waals surface area contributed by atoms with Crippen molar-refractivity contribution < 1.29 is 32.6 Å². The van der Waals surface area contributed by atoms with Crippen LogP contribution in [0.5, 0.6) is 5.75 Å². The van der Waals surface area contributed by atoms with Crippen molar-refractivity contribution in [1.29, 1.82) is 0 Å². The van der Waals surface area contributed by atoms with Crippen LogP contribution in [0.25, 0.3) is 11.1 Å². The summed E-state index contributed by atoms with van der Waals surface area (Å²) in [6, 6.07) is 14.8. The number of carboxylic acid groups (broad SMARTS) is 1. The maximum absolute atomic E-state index is 14.4. The maximum Gasteiger partial charge on any atom is 0.303 e. The smallest absolute Gasteiger partial charge is 0.303 e. The number of ether oxygens (including phenoxy) is 1. The van der Waals surface area contributed by atoms with E-state index in [9.17, 15) is 22.7 Å². The molecule has 0 spiro atoms. The summed E-state index contributed by atoms with van der Waals surface area (Å²) in [4.78, 5) is 10.8. The Morgan fingerprint density at radius 1 is 1.00 bits per heavy atom. The number of aliphatic hydroxyl groups is 1. The predicted octanol–water partition coefficient (Wildman–Crippen LogP) is 4.98. The number of halogens is 1. The number of hydrogen-bond donors (Lipinski definition) is 3. The summed E-state index contributed by atoms with van der Waals surface area (Å²) in [5.74, 6) is -0.806. The first-order valence-electron chi connectivity index (χ1n) is 13.3. The fourth-order valence-corrected chi connectivity index (χ4v) is 6.65. The average molecular weight is 610 g/mol. The van der Waals surface area contributed by atoms with E-state index in [1.165, 1.54) is 6.07 Å². The number of anilines is 1. The molecular weight excluding hydrogens is 573 g/mol. The van der Waals surface area contributed by atoms with E-state index in [0.717, 1.165) is 33.4 Å². The minimum Gasteiger partial charge on any atom is -0.491 e. The van der Waals surface area contributed by atoms with Gasteiger partial charge in [-0.1, -0.05) is 18.2 Å². The summed E-state index contributed by atoms with van der Waals surface area (Å²) in [5.41, 5.74) is 6.16. The standard InChI is InChI=1S/C31H36FNO6S.Ca/c1-20-4-5-23(18-33-25-8-6-24(28(32)17-25)7-9-29(34)35)16-27(20)30-21(2)14-26(15-22(30)3)39-19-31(36)10-12-40(37,38)13-11-31;/h4-6,8,14-17,33,36H,7,9-13,18-19H2,1-3H3,(H,34,35);. The first-order chi connectivity index (χ1) is 18.8. The molecular formula is C31H36CaFNO6S. The second-order valence-corrected chi connectivity index (χ2v) is 13.1. The van der Waals surface area contributed by atoms with Crippen LogP contribution in [-0.2, 0) is 27.6 Å². The number of carbonyl (C=O) groups is 1. The van der Waals surface area contributed by atoms with Gasteiger partial charge in [0.2, 0.25) is 0 Å². The number of rotatable bonds is 10. The van der Waals surface area contributed by atoms with Gasteiger partial charge in [0.05, 0.1) is 11.5 Å². The second kappa shape index (κ2) is 13.9. The van der Waals surface area contributed by atoms with Crippen LogP contribution < -0.4 is 10.1 Å². The molecule has 0 atom stereocenters. The van der Waals surface area contributed by atoms with Crippen molar-refractivity contribution in [3.05, 3.63) is 82.2 Å². The third kappa shape index (κ3) is 8.91. The zero-order valence-corrected chi connectivity index (χ0v) is 26.8. The van der Waals surface area contributed by atoms with Gasteiger partial charge in [0.15, 0.2) is 9.84 Å². The van der Waals surface area contributed by atoms with E-state index in [-0.39, 0.29) is 81.5 Å². The van der Waals surface area contributed by atoms with E-state index in [2.05, 4.69) is 17.4 Å². The molecule has 0 unspecified atom stereocenters. The zero-order valence-electron chi connectivity index (χ0n) is 23.8. The molecule has 0 aliphatic carbocycles. The van der Waals surface area contributed by atoms with Gasteiger partial charge in [-0.3, -0.25) is 4.79 Å². The van der Waals surface area contributed by atoms with Crippen molar-refractivity contribution in [2.75, 3.05) is 23.4 Å². The molecule has 41 heavy (non-hydrogen) atoms. The summed E-state index contributed by atoms with van der Waals surface area (Å²) in [7, 11) is -3.08. The number of aryl methyl sites for hydroxylation is 4. The van der Waals surface area contributed by atoms with Crippen molar-refractivity contribution in [3.63, 3.8) is 0 Å². The van der Waals surface area contributed by atoms with Crippen molar-refractivity contribution in [3.8, 4) is 16.9 Å². The van der Waals surface area contributed by atoms with Crippen LogP contribution >= 0.6 is 0 Å². The Hall–Kier alpha value is -2.17.